The van der Waals surface area contributed by atoms with Crippen LogP contribution in [0.1, 0.15) is 53.4 Å². The fourth-order valence-corrected chi connectivity index (χ4v) is 6.16. The minimum Gasteiger partial charge on any atom is -0.0741 e. The molecule has 0 aromatic carbocycles. The first-order valence-electron chi connectivity index (χ1n) is 6.85. The van der Waals surface area contributed by atoms with Crippen molar-refractivity contribution in [3.05, 3.63) is 11.1 Å². The van der Waals surface area contributed by atoms with Crippen molar-refractivity contribution in [2.45, 2.75) is 77.6 Å². The Kier molecular flexibility index (Phi) is 5.11. The summed E-state index contributed by atoms with van der Waals surface area (Å²) in [5.74, 6) is 0. The van der Waals surface area contributed by atoms with Crippen molar-refractivity contribution >= 4 is 8.07 Å². The molecule has 0 saturated heterocycles. The van der Waals surface area contributed by atoms with Crippen LogP contribution < -0.4 is 0 Å². The van der Waals surface area contributed by atoms with Gasteiger partial charge in [0, 0.05) is 0 Å². The molecule has 15 heavy (non-hydrogen) atoms. The minimum atomic E-state index is -0.821. The highest BCUT2D eigenvalue weighted by Gasteiger charge is 2.25. The molecular weight excluding hydrogens is 196 g/mol. The maximum Gasteiger partial charge on any atom is 0.0527 e. The van der Waals surface area contributed by atoms with E-state index >= 15 is 0 Å². The van der Waals surface area contributed by atoms with Crippen LogP contribution in [0.15, 0.2) is 11.1 Å². The molecule has 0 aromatic heterocycles. The Hall–Kier alpha value is -0.0431. The molecule has 0 radical (unpaired) electrons. The molecule has 0 N–H and O–H groups in total. The van der Waals surface area contributed by atoms with E-state index in [1.807, 2.05) is 0 Å². The Morgan fingerprint density at radius 3 is 2.00 bits per heavy atom. The van der Waals surface area contributed by atoms with Gasteiger partial charge in [-0.2, -0.15) is 0 Å². The first-order valence-corrected chi connectivity index (χ1v) is 9.67. The Balaban J connectivity index is 2.30. The molecule has 1 heteroatoms. The molecule has 0 unspecified atom stereocenters. The van der Waals surface area contributed by atoms with Crippen molar-refractivity contribution in [3.63, 3.8) is 0 Å². The third-order valence-electron chi connectivity index (χ3n) is 4.61. The highest BCUT2D eigenvalue weighted by Crippen LogP contribution is 2.34. The van der Waals surface area contributed by atoms with Crippen LogP contribution in [-0.4, -0.2) is 8.07 Å². The van der Waals surface area contributed by atoms with E-state index in [0.29, 0.717) is 0 Å². The smallest absolute Gasteiger partial charge is 0.0527 e. The van der Waals surface area contributed by atoms with Gasteiger partial charge < -0.3 is 0 Å². The van der Waals surface area contributed by atoms with E-state index in [4.69, 9.17) is 0 Å². The molecule has 1 aliphatic carbocycles. The van der Waals surface area contributed by atoms with Gasteiger partial charge in [0.05, 0.1) is 8.07 Å². The topological polar surface area (TPSA) is 0 Å². The van der Waals surface area contributed by atoms with Crippen LogP contribution in [-0.2, 0) is 0 Å². The second kappa shape index (κ2) is 5.88. The summed E-state index contributed by atoms with van der Waals surface area (Å²) in [6.45, 7) is 9.62. The number of hydrogen-bond donors (Lipinski definition) is 0. The van der Waals surface area contributed by atoms with Crippen molar-refractivity contribution in [2.75, 3.05) is 0 Å². The van der Waals surface area contributed by atoms with Gasteiger partial charge in [-0.3, -0.25) is 0 Å². The Labute approximate surface area is 97.2 Å². The molecule has 0 aromatic rings. The maximum absolute atomic E-state index is 2.42. The van der Waals surface area contributed by atoms with Crippen molar-refractivity contribution < 1.29 is 0 Å². The molecule has 0 atom stereocenters. The van der Waals surface area contributed by atoms with Crippen molar-refractivity contribution in [3.8, 4) is 0 Å². The molecule has 1 fully saturated rings. The summed E-state index contributed by atoms with van der Waals surface area (Å²) < 4.78 is 0. The fourth-order valence-electron chi connectivity index (χ4n) is 2.67. The zero-order chi connectivity index (χ0) is 11.3. The molecule has 0 amide bonds. The lowest BCUT2D eigenvalue weighted by Gasteiger charge is -2.28. The average molecular weight is 224 g/mol. The van der Waals surface area contributed by atoms with Crippen LogP contribution in [0.25, 0.3) is 0 Å². The van der Waals surface area contributed by atoms with E-state index in [1.54, 1.807) is 17.2 Å². The van der Waals surface area contributed by atoms with Crippen LogP contribution in [0.4, 0.5) is 0 Å². The Bertz CT molecular complexity index is 209. The van der Waals surface area contributed by atoms with Crippen molar-refractivity contribution in [1.29, 1.82) is 0 Å². The van der Waals surface area contributed by atoms with Crippen LogP contribution in [0.5, 0.6) is 0 Å². The predicted molar refractivity (Wildman–Crippen MR) is 73.2 cm³/mol. The molecular formula is C14H28Si. The van der Waals surface area contributed by atoms with Crippen LogP contribution in [0.3, 0.4) is 0 Å². The highest BCUT2D eigenvalue weighted by atomic mass is 28.3. The quantitative estimate of drug-likeness (QED) is 0.402. The van der Waals surface area contributed by atoms with Gasteiger partial charge in [-0.15, -0.1) is 0 Å². The van der Waals surface area contributed by atoms with Gasteiger partial charge in [-0.1, -0.05) is 62.5 Å². The first kappa shape index (κ1) is 13.0. The van der Waals surface area contributed by atoms with Crippen LogP contribution >= 0.6 is 0 Å². The average Bonchev–Trinajstić information content (AvgIpc) is 3.08. The lowest BCUT2D eigenvalue weighted by atomic mass is 10.1. The molecule has 1 rings (SSSR count). The molecule has 0 spiro atoms. The normalized spacial score (nSPS) is 15.6. The molecule has 0 aliphatic heterocycles. The molecule has 0 nitrogen and oxygen atoms in total. The van der Waals surface area contributed by atoms with E-state index < -0.39 is 8.07 Å². The fraction of sp³-hybridized carbons (Fsp3) is 0.857. The monoisotopic (exact) mass is 224 g/mol. The van der Waals surface area contributed by atoms with Crippen LogP contribution in [0.2, 0.25) is 24.2 Å². The Morgan fingerprint density at radius 2 is 1.60 bits per heavy atom. The van der Waals surface area contributed by atoms with E-state index in [2.05, 4.69) is 27.7 Å². The van der Waals surface area contributed by atoms with E-state index in [9.17, 15) is 0 Å². The second-order valence-electron chi connectivity index (χ2n) is 5.30. The third-order valence-corrected chi connectivity index (χ3v) is 10.5. The SMILES string of the molecule is CC[Si](CC)(CC)CCCC(C)=C1CC1. The summed E-state index contributed by atoms with van der Waals surface area (Å²) >= 11 is 0. The van der Waals surface area contributed by atoms with Gasteiger partial charge in [0.15, 0.2) is 0 Å². The second-order valence-corrected chi connectivity index (χ2v) is 10.9. The van der Waals surface area contributed by atoms with Gasteiger partial charge in [0.2, 0.25) is 0 Å². The summed E-state index contributed by atoms with van der Waals surface area (Å²) in [6.07, 6.45) is 5.68. The molecule has 88 valence electrons. The number of allylic oxidation sites excluding steroid dienone is 2. The minimum absolute atomic E-state index is 0.821. The number of hydrogen-bond acceptors (Lipinski definition) is 0. The molecule has 0 heterocycles. The van der Waals surface area contributed by atoms with Crippen molar-refractivity contribution in [2.24, 2.45) is 0 Å². The zero-order valence-corrected chi connectivity index (χ0v) is 12.2. The summed E-state index contributed by atoms with van der Waals surface area (Å²) in [7, 11) is -0.821. The number of rotatable bonds is 7. The van der Waals surface area contributed by atoms with Crippen molar-refractivity contribution in [1.82, 2.24) is 0 Å². The van der Waals surface area contributed by atoms with Crippen LogP contribution in [0, 0.1) is 0 Å². The van der Waals surface area contributed by atoms with E-state index in [1.165, 1.54) is 43.8 Å². The van der Waals surface area contributed by atoms with Gasteiger partial charge in [-0.25, -0.2) is 0 Å². The van der Waals surface area contributed by atoms with Gasteiger partial charge in [-0.05, 0) is 26.2 Å². The highest BCUT2D eigenvalue weighted by molar-refractivity contribution is 6.79. The zero-order valence-electron chi connectivity index (χ0n) is 11.2. The summed E-state index contributed by atoms with van der Waals surface area (Å²) in [5, 5.41) is 0. The third kappa shape index (κ3) is 3.79. The largest absolute Gasteiger partial charge is 0.0741 e. The standard InChI is InChI=1S/C14H28Si/c1-5-15(6-2,7-3)12-8-9-13(4)14-10-11-14/h5-12H2,1-4H3. The molecule has 0 bridgehead atoms. The Morgan fingerprint density at radius 1 is 1.07 bits per heavy atom. The van der Waals surface area contributed by atoms with Gasteiger partial charge >= 0.3 is 0 Å². The molecule has 1 saturated carbocycles. The lowest BCUT2D eigenvalue weighted by Crippen LogP contribution is -2.30. The lowest BCUT2D eigenvalue weighted by molar-refractivity contribution is 0.866. The van der Waals surface area contributed by atoms with E-state index in [0.717, 1.165) is 0 Å². The maximum atomic E-state index is 2.42. The van der Waals surface area contributed by atoms with E-state index in [-0.39, 0.29) is 0 Å². The summed E-state index contributed by atoms with van der Waals surface area (Å²) in [6, 6.07) is 6.06. The summed E-state index contributed by atoms with van der Waals surface area (Å²) in [5.41, 5.74) is 3.49. The van der Waals surface area contributed by atoms with Gasteiger partial charge in [0.25, 0.3) is 0 Å². The summed E-state index contributed by atoms with van der Waals surface area (Å²) in [4.78, 5) is 0. The van der Waals surface area contributed by atoms with Gasteiger partial charge in [0.1, 0.15) is 0 Å². The predicted octanol–water partition coefficient (Wildman–Crippen LogP) is 5.39. The first-order chi connectivity index (χ1) is 7.17. The molecule has 1 aliphatic rings.